The van der Waals surface area contributed by atoms with Crippen molar-refractivity contribution in [1.29, 1.82) is 0 Å². The standard InChI is InChI=1S/C2H3N5OS/c3-1(8)7-2(9)4-5-6-7/h(H2,3,8)(H,4,6,9). The molecule has 48 valence electrons. The van der Waals surface area contributed by atoms with E-state index in [1.807, 2.05) is 0 Å². The second-order valence-corrected chi connectivity index (χ2v) is 1.64. The van der Waals surface area contributed by atoms with Crippen LogP contribution in [0, 0.1) is 4.77 Å². The van der Waals surface area contributed by atoms with Gasteiger partial charge in [-0.2, -0.15) is 0 Å². The number of aromatic amines is 1. The molecule has 0 aliphatic heterocycles. The van der Waals surface area contributed by atoms with E-state index < -0.39 is 6.03 Å². The molecule has 0 atom stereocenters. The first-order valence-electron chi connectivity index (χ1n) is 2.02. The molecule has 1 heterocycles. The Hall–Kier alpha value is -1.24. The number of H-pyrrole nitrogens is 1. The molecule has 1 aromatic rings. The van der Waals surface area contributed by atoms with Crippen LogP contribution in [0.1, 0.15) is 0 Å². The molecule has 0 fully saturated rings. The number of tetrazole rings is 1. The summed E-state index contributed by atoms with van der Waals surface area (Å²) in [4.78, 5) is 10.3. The predicted molar refractivity (Wildman–Crippen MR) is 30.2 cm³/mol. The maximum Gasteiger partial charge on any atom is 0.343 e. The van der Waals surface area contributed by atoms with E-state index in [0.717, 1.165) is 4.68 Å². The van der Waals surface area contributed by atoms with E-state index >= 15 is 0 Å². The number of primary amides is 1. The molecule has 1 aromatic heterocycles. The van der Waals surface area contributed by atoms with Gasteiger partial charge < -0.3 is 5.73 Å². The van der Waals surface area contributed by atoms with E-state index in [1.165, 1.54) is 0 Å². The molecule has 0 saturated heterocycles. The second kappa shape index (κ2) is 1.94. The van der Waals surface area contributed by atoms with E-state index in [0.29, 0.717) is 0 Å². The zero-order valence-corrected chi connectivity index (χ0v) is 5.05. The number of nitrogens with zero attached hydrogens (tertiary/aromatic N) is 3. The average Bonchev–Trinajstić information content (AvgIpc) is 2.13. The Morgan fingerprint density at radius 2 is 2.56 bits per heavy atom. The van der Waals surface area contributed by atoms with Gasteiger partial charge >= 0.3 is 6.03 Å². The fourth-order valence-corrected chi connectivity index (χ4v) is 0.509. The first-order chi connectivity index (χ1) is 4.22. The van der Waals surface area contributed by atoms with Gasteiger partial charge in [0.2, 0.25) is 4.77 Å². The molecule has 0 bridgehead atoms. The number of aromatic nitrogens is 4. The highest BCUT2D eigenvalue weighted by molar-refractivity contribution is 7.71. The first kappa shape index (κ1) is 5.89. The topological polar surface area (TPSA) is 89.6 Å². The monoisotopic (exact) mass is 145 g/mol. The smallest absolute Gasteiger partial charge is 0.343 e. The van der Waals surface area contributed by atoms with Crippen molar-refractivity contribution in [3.05, 3.63) is 4.77 Å². The second-order valence-electron chi connectivity index (χ2n) is 1.26. The van der Waals surface area contributed by atoms with Gasteiger partial charge in [-0.25, -0.2) is 9.89 Å². The number of hydrogen-bond donors (Lipinski definition) is 2. The lowest BCUT2D eigenvalue weighted by Gasteiger charge is -1.84. The molecule has 0 aliphatic rings. The highest BCUT2D eigenvalue weighted by atomic mass is 32.1. The predicted octanol–water partition coefficient (Wildman–Crippen LogP) is -0.738. The Bertz CT molecular complexity index is 272. The largest absolute Gasteiger partial charge is 0.350 e. The van der Waals surface area contributed by atoms with E-state index in [1.54, 1.807) is 0 Å². The van der Waals surface area contributed by atoms with Crippen molar-refractivity contribution in [2.45, 2.75) is 0 Å². The average molecular weight is 145 g/mol. The molecule has 0 saturated carbocycles. The SMILES string of the molecule is NC(=O)n1nn[nH]c1=S. The van der Waals surface area contributed by atoms with Crippen molar-refractivity contribution in [2.75, 3.05) is 0 Å². The van der Waals surface area contributed by atoms with Crippen LogP contribution in [-0.2, 0) is 0 Å². The molecule has 3 N–H and O–H groups in total. The zero-order valence-electron chi connectivity index (χ0n) is 4.24. The minimum absolute atomic E-state index is 0.0995. The third-order valence-corrected chi connectivity index (χ3v) is 0.945. The number of nitrogens with one attached hydrogen (secondary N) is 1. The van der Waals surface area contributed by atoms with Gasteiger partial charge in [-0.3, -0.25) is 0 Å². The highest BCUT2D eigenvalue weighted by Gasteiger charge is 1.98. The lowest BCUT2D eigenvalue weighted by molar-refractivity contribution is 0.247. The van der Waals surface area contributed by atoms with Crippen LogP contribution in [0.4, 0.5) is 4.79 Å². The van der Waals surface area contributed by atoms with E-state index in [2.05, 4.69) is 27.7 Å². The molecule has 0 aliphatic carbocycles. The van der Waals surface area contributed by atoms with Crippen LogP contribution in [0.25, 0.3) is 0 Å². The number of carbonyl (C=O) groups excluding carboxylic acids is 1. The van der Waals surface area contributed by atoms with E-state index in [4.69, 9.17) is 5.73 Å². The third-order valence-electron chi connectivity index (χ3n) is 0.681. The van der Waals surface area contributed by atoms with Crippen molar-refractivity contribution >= 4 is 18.2 Å². The van der Waals surface area contributed by atoms with Gasteiger partial charge in [0, 0.05) is 0 Å². The molecular weight excluding hydrogens is 142 g/mol. The van der Waals surface area contributed by atoms with Gasteiger partial charge in [0.05, 0.1) is 0 Å². The van der Waals surface area contributed by atoms with E-state index in [9.17, 15) is 4.79 Å². The summed E-state index contributed by atoms with van der Waals surface area (Å²) in [6.45, 7) is 0. The maximum absolute atomic E-state index is 10.3. The van der Waals surface area contributed by atoms with Crippen molar-refractivity contribution in [1.82, 2.24) is 20.2 Å². The summed E-state index contributed by atoms with van der Waals surface area (Å²) in [7, 11) is 0. The van der Waals surface area contributed by atoms with Crippen LogP contribution in [-0.4, -0.2) is 26.2 Å². The van der Waals surface area contributed by atoms with Crippen molar-refractivity contribution in [3.63, 3.8) is 0 Å². The fourth-order valence-electron chi connectivity index (χ4n) is 0.342. The molecule has 9 heavy (non-hydrogen) atoms. The van der Waals surface area contributed by atoms with Crippen LogP contribution < -0.4 is 5.73 Å². The molecule has 0 unspecified atom stereocenters. The summed E-state index contributed by atoms with van der Waals surface area (Å²) in [6, 6.07) is -0.742. The Morgan fingerprint density at radius 3 is 2.78 bits per heavy atom. The van der Waals surface area contributed by atoms with Crippen LogP contribution in [0.2, 0.25) is 0 Å². The van der Waals surface area contributed by atoms with Gasteiger partial charge in [0.1, 0.15) is 0 Å². The van der Waals surface area contributed by atoms with Crippen LogP contribution >= 0.6 is 12.2 Å². The minimum Gasteiger partial charge on any atom is -0.350 e. The molecular formula is C2H3N5OS. The number of hydrogen-bond acceptors (Lipinski definition) is 4. The summed E-state index contributed by atoms with van der Waals surface area (Å²) < 4.78 is 0.887. The molecule has 7 heteroatoms. The number of amides is 1. The Labute approximate surface area is 54.6 Å². The van der Waals surface area contributed by atoms with Gasteiger partial charge in [-0.1, -0.05) is 0 Å². The lowest BCUT2D eigenvalue weighted by atomic mass is 11.0. The molecule has 0 radical (unpaired) electrons. The fraction of sp³-hybridized carbons (Fsp3) is 0. The summed E-state index contributed by atoms with van der Waals surface area (Å²) >= 11 is 4.54. The number of nitrogens with two attached hydrogens (primary N) is 1. The van der Waals surface area contributed by atoms with Crippen LogP contribution in [0.5, 0.6) is 0 Å². The Balaban J connectivity index is 3.24. The third kappa shape index (κ3) is 0.941. The van der Waals surface area contributed by atoms with Crippen LogP contribution in [0.3, 0.4) is 0 Å². The Morgan fingerprint density at radius 1 is 1.89 bits per heavy atom. The summed E-state index contributed by atoms with van der Waals surface area (Å²) in [5.41, 5.74) is 4.79. The highest BCUT2D eigenvalue weighted by Crippen LogP contribution is 1.77. The molecule has 1 rings (SSSR count). The van der Waals surface area contributed by atoms with E-state index in [-0.39, 0.29) is 4.77 Å². The summed E-state index contributed by atoms with van der Waals surface area (Å²) in [5.74, 6) is 0. The Kier molecular flexibility index (Phi) is 1.27. The summed E-state index contributed by atoms with van der Waals surface area (Å²) in [6.07, 6.45) is 0. The van der Waals surface area contributed by atoms with Crippen molar-refractivity contribution in [2.24, 2.45) is 5.73 Å². The molecule has 6 nitrogen and oxygen atoms in total. The van der Waals surface area contributed by atoms with Gasteiger partial charge in [-0.05, 0) is 22.6 Å². The number of carbonyl (C=O) groups is 1. The maximum atomic E-state index is 10.3. The van der Waals surface area contributed by atoms with Gasteiger partial charge in [-0.15, -0.1) is 4.68 Å². The van der Waals surface area contributed by atoms with Gasteiger partial charge in [0.25, 0.3) is 0 Å². The quantitative estimate of drug-likeness (QED) is 0.371. The normalized spacial score (nSPS) is 9.33. The van der Waals surface area contributed by atoms with Crippen molar-refractivity contribution in [3.8, 4) is 0 Å². The van der Waals surface area contributed by atoms with Crippen molar-refractivity contribution < 1.29 is 4.79 Å². The first-order valence-corrected chi connectivity index (χ1v) is 2.43. The zero-order chi connectivity index (χ0) is 6.85. The molecule has 0 spiro atoms. The number of rotatable bonds is 0. The minimum atomic E-state index is -0.742. The molecule has 1 amide bonds. The van der Waals surface area contributed by atoms with Gasteiger partial charge in [0.15, 0.2) is 0 Å². The van der Waals surface area contributed by atoms with Crippen LogP contribution in [0.15, 0.2) is 0 Å². The molecule has 0 aromatic carbocycles. The lowest BCUT2D eigenvalue weighted by Crippen LogP contribution is -2.20. The summed E-state index contributed by atoms with van der Waals surface area (Å²) in [5, 5.41) is 8.74.